The molecule has 168 valence electrons. The summed E-state index contributed by atoms with van der Waals surface area (Å²) in [6.07, 6.45) is 4.27. The molecule has 0 radical (unpaired) electrons. The summed E-state index contributed by atoms with van der Waals surface area (Å²) in [6.45, 7) is 2.31. The Bertz CT molecular complexity index is 1160. The lowest BCUT2D eigenvalue weighted by Gasteiger charge is -2.43. The number of carbonyl (C=O) groups is 1. The van der Waals surface area contributed by atoms with Crippen molar-refractivity contribution in [3.8, 4) is 11.1 Å². The van der Waals surface area contributed by atoms with Crippen LogP contribution < -0.4 is 0 Å². The topological polar surface area (TPSA) is 62.7 Å². The lowest BCUT2D eigenvalue weighted by molar-refractivity contribution is -0.0562. The van der Waals surface area contributed by atoms with E-state index in [0.29, 0.717) is 19.4 Å². The molecule has 5 nitrogen and oxygen atoms in total. The lowest BCUT2D eigenvalue weighted by Crippen LogP contribution is -2.52. The van der Waals surface area contributed by atoms with Gasteiger partial charge in [-0.3, -0.25) is 4.98 Å². The smallest absolute Gasteiger partial charge is 0.410 e. The molecule has 5 heteroatoms. The van der Waals surface area contributed by atoms with Crippen LogP contribution in [-0.2, 0) is 10.3 Å². The van der Waals surface area contributed by atoms with E-state index in [1.807, 2.05) is 36.1 Å². The lowest BCUT2D eigenvalue weighted by atomic mass is 9.82. The van der Waals surface area contributed by atoms with Crippen LogP contribution >= 0.6 is 0 Å². The Labute approximate surface area is 194 Å². The van der Waals surface area contributed by atoms with Gasteiger partial charge in [-0.1, -0.05) is 54.6 Å². The van der Waals surface area contributed by atoms with Crippen LogP contribution in [0.5, 0.6) is 0 Å². The molecule has 0 spiro atoms. The van der Waals surface area contributed by atoms with Gasteiger partial charge in [-0.05, 0) is 53.6 Å². The molecule has 3 aliphatic rings. The molecular formula is C28H28N2O3. The number of hydrogen-bond donors (Lipinski definition) is 1. The van der Waals surface area contributed by atoms with Crippen LogP contribution in [-0.4, -0.2) is 39.8 Å². The van der Waals surface area contributed by atoms with Crippen molar-refractivity contribution in [3.63, 3.8) is 0 Å². The predicted molar refractivity (Wildman–Crippen MR) is 126 cm³/mol. The number of ether oxygens (including phenoxy) is 1. The van der Waals surface area contributed by atoms with Crippen LogP contribution in [0.2, 0.25) is 0 Å². The molecule has 2 fully saturated rings. The summed E-state index contributed by atoms with van der Waals surface area (Å²) in [5, 5.41) is 11.5. The number of pyridine rings is 1. The third-order valence-electron chi connectivity index (χ3n) is 7.76. The predicted octanol–water partition coefficient (Wildman–Crippen LogP) is 5.15. The molecule has 2 aliphatic heterocycles. The van der Waals surface area contributed by atoms with Crippen molar-refractivity contribution >= 4 is 6.09 Å². The number of amides is 1. The first kappa shape index (κ1) is 20.4. The van der Waals surface area contributed by atoms with Crippen LogP contribution in [0, 0.1) is 6.92 Å². The number of piperidine rings is 1. The van der Waals surface area contributed by atoms with Crippen molar-refractivity contribution in [1.29, 1.82) is 0 Å². The third-order valence-corrected chi connectivity index (χ3v) is 7.76. The van der Waals surface area contributed by atoms with Crippen LogP contribution in [0.1, 0.15) is 54.0 Å². The third kappa shape index (κ3) is 3.25. The highest BCUT2D eigenvalue weighted by atomic mass is 16.6. The van der Waals surface area contributed by atoms with Gasteiger partial charge in [-0.15, -0.1) is 0 Å². The Hall–Kier alpha value is -3.18. The average Bonchev–Trinajstić information content (AvgIpc) is 3.30. The zero-order valence-electron chi connectivity index (χ0n) is 18.8. The fourth-order valence-corrected chi connectivity index (χ4v) is 6.36. The molecule has 33 heavy (non-hydrogen) atoms. The fraction of sp³-hybridized carbons (Fsp3) is 0.357. The van der Waals surface area contributed by atoms with Gasteiger partial charge in [0.25, 0.3) is 0 Å². The summed E-state index contributed by atoms with van der Waals surface area (Å²) in [5.74, 6) is 0.0527. The van der Waals surface area contributed by atoms with E-state index in [4.69, 9.17) is 4.74 Å². The van der Waals surface area contributed by atoms with E-state index in [1.165, 1.54) is 22.3 Å². The summed E-state index contributed by atoms with van der Waals surface area (Å²) in [6, 6.07) is 20.6. The number of rotatable bonds is 3. The van der Waals surface area contributed by atoms with Crippen LogP contribution in [0.25, 0.3) is 11.1 Å². The monoisotopic (exact) mass is 440 g/mol. The van der Waals surface area contributed by atoms with Crippen LogP contribution in [0.15, 0.2) is 66.9 Å². The van der Waals surface area contributed by atoms with Crippen LogP contribution in [0.4, 0.5) is 4.79 Å². The summed E-state index contributed by atoms with van der Waals surface area (Å²) < 4.78 is 5.95. The molecule has 0 saturated carbocycles. The molecule has 2 aromatic carbocycles. The largest absolute Gasteiger partial charge is 0.448 e. The number of carbonyl (C=O) groups excluding carboxylic acids is 1. The Balaban J connectivity index is 1.19. The van der Waals surface area contributed by atoms with Gasteiger partial charge < -0.3 is 14.7 Å². The Kier molecular flexibility index (Phi) is 4.77. The van der Waals surface area contributed by atoms with Crippen molar-refractivity contribution in [2.75, 3.05) is 6.61 Å². The summed E-state index contributed by atoms with van der Waals surface area (Å²) in [7, 11) is 0. The maximum Gasteiger partial charge on any atom is 0.410 e. The summed E-state index contributed by atoms with van der Waals surface area (Å²) in [5.41, 5.74) is 5.63. The molecule has 2 atom stereocenters. The highest BCUT2D eigenvalue weighted by Crippen LogP contribution is 2.47. The molecule has 1 amide bonds. The second-order valence-electron chi connectivity index (χ2n) is 9.71. The second kappa shape index (κ2) is 7.70. The minimum absolute atomic E-state index is 0.0224. The maximum absolute atomic E-state index is 13.3. The number of benzene rings is 2. The standard InChI is InChI=1S/C28H28N2O3/c1-18-7-6-14-29-26(18)28(32)15-19-12-13-20(16-28)30(19)27(31)33-17-25-23-10-4-2-8-21(23)22-9-3-5-11-24(22)25/h2-11,14,19-20,25,32H,12-13,15-17H2,1H3. The van der Waals surface area contributed by atoms with Gasteiger partial charge in [-0.25, -0.2) is 4.79 Å². The molecule has 6 rings (SSSR count). The van der Waals surface area contributed by atoms with E-state index in [0.717, 1.165) is 24.1 Å². The highest BCUT2D eigenvalue weighted by molar-refractivity contribution is 5.79. The average molecular weight is 441 g/mol. The van der Waals surface area contributed by atoms with E-state index >= 15 is 0 Å². The minimum Gasteiger partial charge on any atom is -0.448 e. The first-order valence-electron chi connectivity index (χ1n) is 11.8. The normalized spacial score (nSPS) is 25.6. The van der Waals surface area contributed by atoms with Gasteiger partial charge >= 0.3 is 6.09 Å². The van der Waals surface area contributed by atoms with Gasteiger partial charge in [0.05, 0.1) is 5.69 Å². The van der Waals surface area contributed by atoms with Gasteiger partial charge in [-0.2, -0.15) is 0 Å². The molecule has 1 aliphatic carbocycles. The molecule has 3 aromatic rings. The van der Waals surface area contributed by atoms with Gasteiger partial charge in [0, 0.05) is 37.0 Å². The van der Waals surface area contributed by atoms with Crippen molar-refractivity contribution < 1.29 is 14.6 Å². The first-order chi connectivity index (χ1) is 16.0. The SMILES string of the molecule is Cc1cccnc1C1(O)CC2CCC(C1)N2C(=O)OCC1c2ccccc2-c2ccccc21. The van der Waals surface area contributed by atoms with E-state index in [1.54, 1.807) is 6.20 Å². The maximum atomic E-state index is 13.3. The Morgan fingerprint density at radius 1 is 1.00 bits per heavy atom. The van der Waals surface area contributed by atoms with Crippen molar-refractivity contribution in [2.45, 2.75) is 56.2 Å². The molecule has 1 aromatic heterocycles. The van der Waals surface area contributed by atoms with Gasteiger partial charge in [0.2, 0.25) is 0 Å². The van der Waals surface area contributed by atoms with Crippen molar-refractivity contribution in [2.24, 2.45) is 0 Å². The number of aliphatic hydroxyl groups is 1. The quantitative estimate of drug-likeness (QED) is 0.612. The molecule has 2 bridgehead atoms. The summed E-state index contributed by atoms with van der Waals surface area (Å²) in [4.78, 5) is 19.6. The van der Waals surface area contributed by atoms with E-state index in [-0.39, 0.29) is 24.1 Å². The number of aromatic nitrogens is 1. The number of hydrogen-bond acceptors (Lipinski definition) is 4. The fourth-order valence-electron chi connectivity index (χ4n) is 6.36. The first-order valence-corrected chi connectivity index (χ1v) is 11.8. The van der Waals surface area contributed by atoms with Crippen LogP contribution in [0.3, 0.4) is 0 Å². The number of nitrogens with zero attached hydrogens (tertiary/aromatic N) is 2. The van der Waals surface area contributed by atoms with E-state index in [9.17, 15) is 9.90 Å². The van der Waals surface area contributed by atoms with Crippen molar-refractivity contribution in [1.82, 2.24) is 9.88 Å². The zero-order valence-corrected chi connectivity index (χ0v) is 18.8. The molecule has 1 N–H and O–H groups in total. The molecule has 3 heterocycles. The molecule has 2 saturated heterocycles. The van der Waals surface area contributed by atoms with Crippen molar-refractivity contribution in [3.05, 3.63) is 89.2 Å². The zero-order chi connectivity index (χ0) is 22.6. The number of fused-ring (bicyclic) bond motifs is 5. The van der Waals surface area contributed by atoms with E-state index < -0.39 is 5.60 Å². The summed E-state index contributed by atoms with van der Waals surface area (Å²) >= 11 is 0. The molecular weight excluding hydrogens is 412 g/mol. The highest BCUT2D eigenvalue weighted by Gasteiger charge is 2.51. The number of aryl methyl sites for hydroxylation is 1. The second-order valence-corrected chi connectivity index (χ2v) is 9.71. The van der Waals surface area contributed by atoms with Gasteiger partial charge in [0.1, 0.15) is 12.2 Å². The van der Waals surface area contributed by atoms with E-state index in [2.05, 4.69) is 41.4 Å². The minimum atomic E-state index is -0.989. The Morgan fingerprint density at radius 3 is 2.21 bits per heavy atom. The molecule has 2 unspecified atom stereocenters. The van der Waals surface area contributed by atoms with Gasteiger partial charge in [0.15, 0.2) is 0 Å². The Morgan fingerprint density at radius 2 is 1.61 bits per heavy atom.